The number of nitrogens with one attached hydrogen (secondary N) is 2. The van der Waals surface area contributed by atoms with Gasteiger partial charge < -0.3 is 20.0 Å². The van der Waals surface area contributed by atoms with E-state index in [0.29, 0.717) is 30.3 Å². The number of nitrogens with zero attached hydrogens (tertiary/aromatic N) is 4. The van der Waals surface area contributed by atoms with Crippen molar-refractivity contribution in [1.29, 1.82) is 0 Å². The average Bonchev–Trinajstić information content (AvgIpc) is 3.18. The SMILES string of the molecule is O=c1[nH]c2c(NC/N=C/c3ccc4c(c3)COB4O)ncnc2n1C1CCC1. The number of imidazole rings is 1. The highest BCUT2D eigenvalue weighted by atomic mass is 16.5. The van der Waals surface area contributed by atoms with Crippen LogP contribution >= 0.6 is 0 Å². The van der Waals surface area contributed by atoms with Gasteiger partial charge in [-0.2, -0.15) is 0 Å². The lowest BCUT2D eigenvalue weighted by Crippen LogP contribution is -2.27. The summed E-state index contributed by atoms with van der Waals surface area (Å²) >= 11 is 0. The molecule has 28 heavy (non-hydrogen) atoms. The fraction of sp³-hybridized carbons (Fsp3) is 0.333. The predicted octanol–water partition coefficient (Wildman–Crippen LogP) is 0.551. The van der Waals surface area contributed by atoms with Crippen LogP contribution in [0.3, 0.4) is 0 Å². The van der Waals surface area contributed by atoms with Gasteiger partial charge in [0.25, 0.3) is 0 Å². The highest BCUT2D eigenvalue weighted by Gasteiger charge is 2.27. The normalized spacial score (nSPS) is 16.7. The standard InChI is InChI=1S/C18H19BN6O3/c26-18-24-15-16(22-10-23-17(15)25(18)13-2-1-3-13)21-9-20-7-11-4-5-14-12(6-11)8-28-19(14)27/h4-7,10,13,27H,1-3,8-9H2,(H,24,26)(H,21,22,23)/b20-7+. The Morgan fingerprint density at radius 3 is 3.14 bits per heavy atom. The number of aliphatic imine (C=N–C) groups is 1. The molecule has 10 heteroatoms. The number of aromatic amines is 1. The summed E-state index contributed by atoms with van der Waals surface area (Å²) in [6.07, 6.45) is 6.36. The van der Waals surface area contributed by atoms with Crippen LogP contribution in [0, 0.1) is 0 Å². The number of benzene rings is 1. The molecule has 1 aliphatic carbocycles. The molecule has 0 unspecified atom stereocenters. The lowest BCUT2D eigenvalue weighted by atomic mass is 9.79. The second-order valence-corrected chi connectivity index (χ2v) is 7.07. The number of hydrogen-bond donors (Lipinski definition) is 3. The van der Waals surface area contributed by atoms with E-state index in [1.165, 1.54) is 6.33 Å². The van der Waals surface area contributed by atoms with E-state index in [2.05, 4.69) is 25.3 Å². The second-order valence-electron chi connectivity index (χ2n) is 7.07. The van der Waals surface area contributed by atoms with Gasteiger partial charge in [0.2, 0.25) is 0 Å². The lowest BCUT2D eigenvalue weighted by Gasteiger charge is -2.26. The number of fused-ring (bicyclic) bond motifs is 2. The molecule has 9 nitrogen and oxygen atoms in total. The Labute approximate surface area is 160 Å². The monoisotopic (exact) mass is 378 g/mol. The van der Waals surface area contributed by atoms with Crippen molar-refractivity contribution in [1.82, 2.24) is 19.5 Å². The Hall–Kier alpha value is -2.98. The first-order valence-corrected chi connectivity index (χ1v) is 9.32. The summed E-state index contributed by atoms with van der Waals surface area (Å²) in [6.45, 7) is 0.708. The highest BCUT2D eigenvalue weighted by molar-refractivity contribution is 6.61. The summed E-state index contributed by atoms with van der Waals surface area (Å²) in [5, 5.41) is 12.8. The van der Waals surface area contributed by atoms with Crippen LogP contribution < -0.4 is 16.5 Å². The zero-order chi connectivity index (χ0) is 19.1. The van der Waals surface area contributed by atoms with Crippen LogP contribution in [-0.2, 0) is 11.3 Å². The van der Waals surface area contributed by atoms with E-state index in [4.69, 9.17) is 4.65 Å². The number of H-pyrrole nitrogens is 1. The van der Waals surface area contributed by atoms with E-state index in [1.54, 1.807) is 10.8 Å². The van der Waals surface area contributed by atoms with Crippen LogP contribution in [0.5, 0.6) is 0 Å². The minimum atomic E-state index is -0.836. The van der Waals surface area contributed by atoms with Crippen molar-refractivity contribution in [2.45, 2.75) is 31.9 Å². The molecule has 5 rings (SSSR count). The molecule has 0 spiro atoms. The molecule has 0 amide bonds. The summed E-state index contributed by atoms with van der Waals surface area (Å²) in [7, 11) is -0.836. The molecule has 0 bridgehead atoms. The fourth-order valence-electron chi connectivity index (χ4n) is 3.66. The van der Waals surface area contributed by atoms with E-state index in [1.807, 2.05) is 18.2 Å². The van der Waals surface area contributed by atoms with Gasteiger partial charge in [-0.15, -0.1) is 0 Å². The first-order valence-electron chi connectivity index (χ1n) is 9.32. The van der Waals surface area contributed by atoms with E-state index in [-0.39, 0.29) is 11.7 Å². The molecule has 3 N–H and O–H groups in total. The van der Waals surface area contributed by atoms with E-state index >= 15 is 0 Å². The summed E-state index contributed by atoms with van der Waals surface area (Å²) in [5.74, 6) is 0.558. The van der Waals surface area contributed by atoms with Crippen LogP contribution in [-0.4, -0.2) is 44.5 Å². The average molecular weight is 378 g/mol. The van der Waals surface area contributed by atoms with Crippen molar-refractivity contribution in [2.75, 3.05) is 12.0 Å². The van der Waals surface area contributed by atoms with Gasteiger partial charge in [0.1, 0.15) is 18.5 Å². The maximum Gasteiger partial charge on any atom is 0.491 e. The smallest absolute Gasteiger partial charge is 0.423 e. The molecule has 3 heterocycles. The molecule has 0 radical (unpaired) electrons. The molecular formula is C18H19BN6O3. The van der Waals surface area contributed by atoms with E-state index < -0.39 is 7.12 Å². The third kappa shape index (κ3) is 2.90. The van der Waals surface area contributed by atoms with Gasteiger partial charge in [-0.1, -0.05) is 12.1 Å². The molecule has 1 fully saturated rings. The van der Waals surface area contributed by atoms with Gasteiger partial charge >= 0.3 is 12.8 Å². The van der Waals surface area contributed by atoms with Crippen LogP contribution in [0.2, 0.25) is 0 Å². The molecule has 0 saturated heterocycles. The third-order valence-corrected chi connectivity index (χ3v) is 5.35. The molecule has 1 aromatic carbocycles. The molecule has 1 aliphatic heterocycles. The summed E-state index contributed by atoms with van der Waals surface area (Å²) in [4.78, 5) is 28.1. The topological polar surface area (TPSA) is 117 Å². The van der Waals surface area contributed by atoms with Crippen LogP contribution in [0.4, 0.5) is 5.82 Å². The van der Waals surface area contributed by atoms with Gasteiger partial charge in [-0.3, -0.25) is 9.56 Å². The fourth-order valence-corrected chi connectivity index (χ4v) is 3.66. The minimum absolute atomic E-state index is 0.144. The largest absolute Gasteiger partial charge is 0.491 e. The van der Waals surface area contributed by atoms with Crippen molar-refractivity contribution >= 4 is 35.8 Å². The Kier molecular flexibility index (Phi) is 4.21. The molecule has 2 aliphatic rings. The number of hydrogen-bond acceptors (Lipinski definition) is 7. The van der Waals surface area contributed by atoms with Gasteiger partial charge in [0.05, 0.1) is 6.61 Å². The number of anilines is 1. The Bertz CT molecular complexity index is 1120. The lowest BCUT2D eigenvalue weighted by molar-refractivity contribution is 0.275. The quantitative estimate of drug-likeness (QED) is 0.441. The molecule has 1 saturated carbocycles. The third-order valence-electron chi connectivity index (χ3n) is 5.35. The van der Waals surface area contributed by atoms with Gasteiger partial charge in [-0.25, -0.2) is 14.8 Å². The van der Waals surface area contributed by atoms with E-state index in [0.717, 1.165) is 35.9 Å². The second kappa shape index (κ2) is 6.88. The van der Waals surface area contributed by atoms with Gasteiger partial charge in [0, 0.05) is 12.3 Å². The Morgan fingerprint density at radius 1 is 1.43 bits per heavy atom. The zero-order valence-corrected chi connectivity index (χ0v) is 15.1. The van der Waals surface area contributed by atoms with Crippen molar-refractivity contribution < 1.29 is 9.68 Å². The molecule has 0 atom stereocenters. The first kappa shape index (κ1) is 17.1. The van der Waals surface area contributed by atoms with Crippen LogP contribution in [0.1, 0.15) is 36.4 Å². The van der Waals surface area contributed by atoms with Crippen molar-refractivity contribution in [3.05, 3.63) is 46.1 Å². The van der Waals surface area contributed by atoms with Gasteiger partial charge in [-0.05, 0) is 41.9 Å². The summed E-state index contributed by atoms with van der Waals surface area (Å²) in [5.41, 5.74) is 3.80. The zero-order valence-electron chi connectivity index (χ0n) is 15.1. The summed E-state index contributed by atoms with van der Waals surface area (Å²) in [6, 6.07) is 5.92. The van der Waals surface area contributed by atoms with Crippen molar-refractivity contribution in [2.24, 2.45) is 4.99 Å². The van der Waals surface area contributed by atoms with Crippen molar-refractivity contribution in [3.63, 3.8) is 0 Å². The maximum atomic E-state index is 12.3. The Balaban J connectivity index is 1.31. The van der Waals surface area contributed by atoms with Gasteiger partial charge in [0.15, 0.2) is 11.5 Å². The number of rotatable bonds is 5. The molecule has 142 valence electrons. The molecular weight excluding hydrogens is 359 g/mol. The Morgan fingerprint density at radius 2 is 2.32 bits per heavy atom. The van der Waals surface area contributed by atoms with Crippen molar-refractivity contribution in [3.8, 4) is 0 Å². The predicted molar refractivity (Wildman–Crippen MR) is 106 cm³/mol. The summed E-state index contributed by atoms with van der Waals surface area (Å²) < 4.78 is 6.93. The van der Waals surface area contributed by atoms with Crippen LogP contribution in [0.15, 0.2) is 34.3 Å². The maximum absolute atomic E-state index is 12.3. The number of aromatic nitrogens is 4. The molecule has 3 aromatic rings. The first-order chi connectivity index (χ1) is 13.7. The highest BCUT2D eigenvalue weighted by Crippen LogP contribution is 2.32. The van der Waals surface area contributed by atoms with E-state index in [9.17, 15) is 9.82 Å². The molecule has 2 aromatic heterocycles. The minimum Gasteiger partial charge on any atom is -0.423 e. The van der Waals surface area contributed by atoms with Crippen LogP contribution in [0.25, 0.3) is 11.2 Å².